The van der Waals surface area contributed by atoms with Crippen LogP contribution in [0.15, 0.2) is 81.1 Å². The molecule has 34 heavy (non-hydrogen) atoms. The van der Waals surface area contributed by atoms with Gasteiger partial charge in [0, 0.05) is 17.7 Å². The smallest absolute Gasteiger partial charge is 0.286 e. The first-order valence-corrected chi connectivity index (χ1v) is 11.1. The van der Waals surface area contributed by atoms with E-state index in [2.05, 4.69) is 14.9 Å². The summed E-state index contributed by atoms with van der Waals surface area (Å²) < 4.78 is 39.2. The number of amides is 1. The Morgan fingerprint density at radius 1 is 1.09 bits per heavy atom. The Balaban J connectivity index is 1.47. The zero-order valence-electron chi connectivity index (χ0n) is 17.5. The average Bonchev–Trinajstić information content (AvgIpc) is 3.09. The minimum absolute atomic E-state index is 0.0642. The number of nitro groups is 1. The van der Waals surface area contributed by atoms with Crippen LogP contribution in [0.2, 0.25) is 0 Å². The highest BCUT2D eigenvalue weighted by molar-refractivity contribution is 7.90. The van der Waals surface area contributed by atoms with Crippen LogP contribution in [-0.2, 0) is 10.0 Å². The maximum atomic E-state index is 12.2. The third-order valence-electron chi connectivity index (χ3n) is 4.71. The normalized spacial score (nSPS) is 13.7. The summed E-state index contributed by atoms with van der Waals surface area (Å²) in [5, 5.41) is 14.6. The van der Waals surface area contributed by atoms with Gasteiger partial charge in [-0.15, -0.1) is 4.40 Å². The topological polar surface area (TPSA) is 150 Å². The quantitative estimate of drug-likeness (QED) is 0.324. The Bertz CT molecular complexity index is 1450. The van der Waals surface area contributed by atoms with Crippen LogP contribution in [0.4, 0.5) is 5.69 Å². The second kappa shape index (κ2) is 9.11. The number of fused-ring (bicyclic) bond motifs is 1. The fourth-order valence-electron chi connectivity index (χ4n) is 3.07. The number of benzene rings is 3. The molecular weight excluding hydrogens is 464 g/mol. The molecule has 0 spiro atoms. The van der Waals surface area contributed by atoms with Crippen molar-refractivity contribution in [3.8, 4) is 11.5 Å². The van der Waals surface area contributed by atoms with Crippen molar-refractivity contribution in [1.82, 2.24) is 5.43 Å². The van der Waals surface area contributed by atoms with Gasteiger partial charge in [0.2, 0.25) is 5.90 Å². The number of non-ortho nitro benzene ring substituents is 1. The number of carbonyl (C=O) groups is 1. The first-order valence-electron chi connectivity index (χ1n) is 9.66. The van der Waals surface area contributed by atoms with Gasteiger partial charge in [-0.05, 0) is 48.0 Å². The summed E-state index contributed by atoms with van der Waals surface area (Å²) >= 11 is 0. The molecule has 0 unspecified atom stereocenters. The minimum Gasteiger partial charge on any atom is -0.493 e. The molecular formula is C22H16N4O7S. The first kappa shape index (κ1) is 22.6. The summed E-state index contributed by atoms with van der Waals surface area (Å²) in [4.78, 5) is 22.3. The van der Waals surface area contributed by atoms with Crippen LogP contribution in [0, 0.1) is 10.1 Å². The summed E-state index contributed by atoms with van der Waals surface area (Å²) in [7, 11) is -2.41. The molecule has 11 nitrogen and oxygen atoms in total. The van der Waals surface area contributed by atoms with Gasteiger partial charge in [-0.3, -0.25) is 14.9 Å². The molecule has 3 aromatic carbocycles. The van der Waals surface area contributed by atoms with E-state index in [4.69, 9.17) is 9.47 Å². The number of ether oxygens (including phenoxy) is 2. The fraction of sp³-hybridized carbons (Fsp3) is 0.0455. The van der Waals surface area contributed by atoms with E-state index < -0.39 is 20.9 Å². The van der Waals surface area contributed by atoms with Crippen molar-refractivity contribution in [1.29, 1.82) is 0 Å². The number of hydrogen-bond acceptors (Lipinski definition) is 8. The van der Waals surface area contributed by atoms with Gasteiger partial charge in [0.05, 0.1) is 23.8 Å². The summed E-state index contributed by atoms with van der Waals surface area (Å²) in [6.07, 6.45) is 1.36. The Hall–Kier alpha value is -4.58. The lowest BCUT2D eigenvalue weighted by atomic mass is 10.2. The van der Waals surface area contributed by atoms with Crippen molar-refractivity contribution in [2.75, 3.05) is 7.11 Å². The number of sulfonamides is 1. The van der Waals surface area contributed by atoms with Gasteiger partial charge in [-0.25, -0.2) is 5.43 Å². The maximum Gasteiger partial charge on any atom is 0.286 e. The molecule has 0 saturated carbocycles. The number of nitrogens with zero attached hydrogens (tertiary/aromatic N) is 3. The van der Waals surface area contributed by atoms with Crippen LogP contribution in [-0.4, -0.2) is 38.5 Å². The molecule has 1 amide bonds. The van der Waals surface area contributed by atoms with Gasteiger partial charge in [-0.1, -0.05) is 12.1 Å². The molecule has 1 N–H and O–H groups in total. The van der Waals surface area contributed by atoms with Gasteiger partial charge in [0.1, 0.15) is 4.90 Å². The molecule has 0 bridgehead atoms. The van der Waals surface area contributed by atoms with Crippen LogP contribution in [0.25, 0.3) is 0 Å². The highest BCUT2D eigenvalue weighted by atomic mass is 32.2. The SMILES string of the molecule is COc1cc(/C=N/NC(=O)c2ccc([N+](=O)[O-])cc2)ccc1OC1=NS(=O)(=O)c2ccccc21. The summed E-state index contributed by atoms with van der Waals surface area (Å²) in [5.74, 6) is -0.0850. The number of nitro benzene ring substituents is 1. The molecule has 1 aliphatic rings. The lowest BCUT2D eigenvalue weighted by molar-refractivity contribution is -0.384. The van der Waals surface area contributed by atoms with E-state index in [1.54, 1.807) is 36.4 Å². The summed E-state index contributed by atoms with van der Waals surface area (Å²) in [6.45, 7) is 0. The summed E-state index contributed by atoms with van der Waals surface area (Å²) in [6, 6.07) is 16.2. The van der Waals surface area contributed by atoms with Gasteiger partial charge >= 0.3 is 0 Å². The number of hydrazone groups is 1. The van der Waals surface area contributed by atoms with E-state index >= 15 is 0 Å². The third kappa shape index (κ3) is 4.61. The molecule has 1 aliphatic heterocycles. The average molecular weight is 480 g/mol. The van der Waals surface area contributed by atoms with Gasteiger partial charge in [0.25, 0.3) is 21.6 Å². The molecule has 4 rings (SSSR count). The zero-order valence-corrected chi connectivity index (χ0v) is 18.4. The first-order chi connectivity index (χ1) is 16.3. The van der Waals surface area contributed by atoms with Crippen molar-refractivity contribution in [2.45, 2.75) is 4.90 Å². The summed E-state index contributed by atoms with van der Waals surface area (Å²) in [5.41, 5.74) is 3.31. The molecule has 0 atom stereocenters. The molecule has 0 radical (unpaired) electrons. The second-order valence-corrected chi connectivity index (χ2v) is 8.46. The van der Waals surface area contributed by atoms with Crippen LogP contribution < -0.4 is 14.9 Å². The Labute approximate surface area is 193 Å². The highest BCUT2D eigenvalue weighted by Gasteiger charge is 2.30. The molecule has 3 aromatic rings. The molecule has 0 fully saturated rings. The minimum atomic E-state index is -3.82. The standard InChI is InChI=1S/C22H16N4O7S/c1-32-19-12-14(13-23-24-21(27)15-7-9-16(10-8-15)26(28)29)6-11-18(19)33-22-17-4-2-3-5-20(17)34(30,31)25-22/h2-13H,1H3,(H,24,27)/b23-13+. The van der Waals surface area contributed by atoms with E-state index in [0.29, 0.717) is 11.1 Å². The Morgan fingerprint density at radius 3 is 2.53 bits per heavy atom. The van der Waals surface area contributed by atoms with Crippen LogP contribution in [0.1, 0.15) is 21.5 Å². The molecule has 172 valence electrons. The van der Waals surface area contributed by atoms with E-state index in [9.17, 15) is 23.3 Å². The largest absolute Gasteiger partial charge is 0.493 e. The maximum absolute atomic E-state index is 12.2. The molecule has 1 heterocycles. The predicted molar refractivity (Wildman–Crippen MR) is 122 cm³/mol. The van der Waals surface area contributed by atoms with Crippen molar-refractivity contribution in [3.63, 3.8) is 0 Å². The number of carbonyl (C=O) groups excluding carboxylic acids is 1. The van der Waals surface area contributed by atoms with Crippen LogP contribution in [0.5, 0.6) is 11.5 Å². The third-order valence-corrected chi connectivity index (χ3v) is 6.03. The van der Waals surface area contributed by atoms with Gasteiger partial charge in [-0.2, -0.15) is 13.5 Å². The molecule has 0 aromatic heterocycles. The number of methoxy groups -OCH3 is 1. The molecule has 12 heteroatoms. The number of rotatable bonds is 6. The lowest BCUT2D eigenvalue weighted by Gasteiger charge is -2.10. The van der Waals surface area contributed by atoms with Crippen LogP contribution in [0.3, 0.4) is 0 Å². The van der Waals surface area contributed by atoms with E-state index in [-0.39, 0.29) is 33.5 Å². The Kier molecular flexibility index (Phi) is 6.06. The molecule has 0 saturated heterocycles. The predicted octanol–water partition coefficient (Wildman–Crippen LogP) is 2.90. The monoisotopic (exact) mass is 480 g/mol. The zero-order chi connectivity index (χ0) is 24.3. The number of nitrogens with one attached hydrogen (secondary N) is 1. The van der Waals surface area contributed by atoms with Crippen molar-refractivity contribution >= 4 is 33.7 Å². The van der Waals surface area contributed by atoms with Crippen molar-refractivity contribution in [3.05, 3.63) is 93.5 Å². The van der Waals surface area contributed by atoms with Crippen molar-refractivity contribution < 1.29 is 27.6 Å². The van der Waals surface area contributed by atoms with E-state index in [1.807, 2.05) is 0 Å². The van der Waals surface area contributed by atoms with E-state index in [0.717, 1.165) is 0 Å². The second-order valence-electron chi connectivity index (χ2n) is 6.88. The van der Waals surface area contributed by atoms with Crippen molar-refractivity contribution in [2.24, 2.45) is 9.50 Å². The van der Waals surface area contributed by atoms with Crippen LogP contribution >= 0.6 is 0 Å². The van der Waals surface area contributed by atoms with Gasteiger partial charge < -0.3 is 9.47 Å². The highest BCUT2D eigenvalue weighted by Crippen LogP contribution is 2.32. The Morgan fingerprint density at radius 2 is 1.82 bits per heavy atom. The molecule has 0 aliphatic carbocycles. The van der Waals surface area contributed by atoms with E-state index in [1.165, 1.54) is 43.7 Å². The van der Waals surface area contributed by atoms with Gasteiger partial charge in [0.15, 0.2) is 11.5 Å². The lowest BCUT2D eigenvalue weighted by Crippen LogP contribution is -2.17. The number of hydrogen-bond donors (Lipinski definition) is 1. The fourth-order valence-corrected chi connectivity index (χ4v) is 4.20.